The van der Waals surface area contributed by atoms with Crippen molar-refractivity contribution in [3.8, 4) is 0 Å². The molecule has 2 heterocycles. The van der Waals surface area contributed by atoms with Gasteiger partial charge in [0.15, 0.2) is 0 Å². The van der Waals surface area contributed by atoms with Crippen LogP contribution in [0.2, 0.25) is 0 Å². The zero-order chi connectivity index (χ0) is 13.7. The molecule has 2 aromatic rings. The first kappa shape index (κ1) is 14.1. The Balaban J connectivity index is 2.06. The minimum Gasteiger partial charge on any atom is -0.338 e. The number of aryl methyl sites for hydroxylation is 3. The molecule has 0 aliphatic carbocycles. The maximum atomic E-state index is 4.38. The first-order chi connectivity index (χ1) is 9.26. The Hall–Kier alpha value is -1.27. The highest BCUT2D eigenvalue weighted by molar-refractivity contribution is 7.05. The van der Waals surface area contributed by atoms with Crippen molar-refractivity contribution in [1.29, 1.82) is 0 Å². The lowest BCUT2D eigenvalue weighted by molar-refractivity contribution is 0.509. The third kappa shape index (κ3) is 3.39. The van der Waals surface area contributed by atoms with Crippen molar-refractivity contribution in [2.45, 2.75) is 39.2 Å². The molecule has 1 N–H and O–H groups in total. The van der Waals surface area contributed by atoms with Gasteiger partial charge in [-0.1, -0.05) is 18.3 Å². The quantitative estimate of drug-likeness (QED) is 0.843. The van der Waals surface area contributed by atoms with Gasteiger partial charge in [-0.15, -0.1) is 5.10 Å². The lowest BCUT2D eigenvalue weighted by Gasteiger charge is -2.16. The second kappa shape index (κ2) is 6.77. The van der Waals surface area contributed by atoms with E-state index in [0.29, 0.717) is 6.04 Å². The van der Waals surface area contributed by atoms with Crippen molar-refractivity contribution in [3.05, 3.63) is 28.8 Å². The predicted octanol–water partition coefficient (Wildman–Crippen LogP) is 2.12. The summed E-state index contributed by atoms with van der Waals surface area (Å²) in [5.41, 5.74) is 1.12. The third-order valence-electron chi connectivity index (χ3n) is 3.26. The van der Waals surface area contributed by atoms with Gasteiger partial charge in [0.05, 0.1) is 10.6 Å². The highest BCUT2D eigenvalue weighted by Crippen LogP contribution is 2.24. The normalized spacial score (nSPS) is 12.8. The largest absolute Gasteiger partial charge is 0.338 e. The van der Waals surface area contributed by atoms with Gasteiger partial charge in [0.25, 0.3) is 0 Å². The monoisotopic (exact) mass is 279 g/mol. The summed E-state index contributed by atoms with van der Waals surface area (Å²) in [4.78, 5) is 5.66. The Kier molecular flexibility index (Phi) is 5.04. The summed E-state index contributed by atoms with van der Waals surface area (Å²) in [5.74, 6) is 1.12. The van der Waals surface area contributed by atoms with Gasteiger partial charge in [0.2, 0.25) is 0 Å². The van der Waals surface area contributed by atoms with Crippen LogP contribution in [0.25, 0.3) is 0 Å². The van der Waals surface area contributed by atoms with Crippen molar-refractivity contribution < 1.29 is 0 Å². The van der Waals surface area contributed by atoms with Gasteiger partial charge < -0.3 is 9.88 Å². The number of aromatic nitrogens is 4. The lowest BCUT2D eigenvalue weighted by atomic mass is 10.1. The van der Waals surface area contributed by atoms with E-state index < -0.39 is 0 Å². The molecule has 1 atom stereocenters. The number of nitrogens with one attached hydrogen (secondary N) is 1. The van der Waals surface area contributed by atoms with E-state index in [1.165, 1.54) is 16.4 Å². The standard InChI is InChI=1S/C13H21N5S/c1-4-10-13(19-17-16-10)11(14-5-2)6-7-12-15-8-9-18(12)3/h8-9,11,14H,4-7H2,1-3H3. The average molecular weight is 279 g/mol. The number of nitrogens with zero attached hydrogens (tertiary/aromatic N) is 4. The number of rotatable bonds is 7. The topological polar surface area (TPSA) is 55.6 Å². The molecular formula is C13H21N5S. The van der Waals surface area contributed by atoms with E-state index in [1.807, 2.05) is 19.4 Å². The summed E-state index contributed by atoms with van der Waals surface area (Å²) in [6, 6.07) is 0.330. The van der Waals surface area contributed by atoms with E-state index in [9.17, 15) is 0 Å². The molecule has 0 amide bonds. The number of hydrogen-bond donors (Lipinski definition) is 1. The van der Waals surface area contributed by atoms with Crippen LogP contribution in [-0.2, 0) is 19.9 Å². The molecule has 5 nitrogen and oxygen atoms in total. The fraction of sp³-hybridized carbons (Fsp3) is 0.615. The van der Waals surface area contributed by atoms with Crippen LogP contribution < -0.4 is 5.32 Å². The zero-order valence-corrected chi connectivity index (χ0v) is 12.6. The average Bonchev–Trinajstić information content (AvgIpc) is 3.03. The number of imidazole rings is 1. The van der Waals surface area contributed by atoms with Crippen LogP contribution in [0.15, 0.2) is 12.4 Å². The molecular weight excluding hydrogens is 258 g/mol. The van der Waals surface area contributed by atoms with E-state index in [0.717, 1.165) is 37.3 Å². The smallest absolute Gasteiger partial charge is 0.108 e. The molecule has 1 unspecified atom stereocenters. The fourth-order valence-electron chi connectivity index (χ4n) is 2.21. The SMILES string of the molecule is CCNC(CCc1nccn1C)c1snnc1CC. The lowest BCUT2D eigenvalue weighted by Crippen LogP contribution is -2.22. The molecule has 0 spiro atoms. The molecule has 0 radical (unpaired) electrons. The molecule has 2 rings (SSSR count). The predicted molar refractivity (Wildman–Crippen MR) is 77.2 cm³/mol. The van der Waals surface area contributed by atoms with Gasteiger partial charge >= 0.3 is 0 Å². The van der Waals surface area contributed by atoms with Gasteiger partial charge in [0.1, 0.15) is 5.82 Å². The van der Waals surface area contributed by atoms with Crippen LogP contribution in [-0.4, -0.2) is 25.7 Å². The van der Waals surface area contributed by atoms with Crippen molar-refractivity contribution in [1.82, 2.24) is 24.5 Å². The summed E-state index contributed by atoms with van der Waals surface area (Å²) in [6.45, 7) is 5.21. The van der Waals surface area contributed by atoms with Crippen molar-refractivity contribution >= 4 is 11.5 Å². The Labute approximate surface area is 118 Å². The first-order valence-corrected chi connectivity index (χ1v) is 7.54. The Morgan fingerprint density at radius 2 is 2.26 bits per heavy atom. The molecule has 0 aliphatic rings. The molecule has 104 valence electrons. The molecule has 2 aromatic heterocycles. The fourth-order valence-corrected chi connectivity index (χ4v) is 3.05. The van der Waals surface area contributed by atoms with E-state index >= 15 is 0 Å². The number of hydrogen-bond acceptors (Lipinski definition) is 5. The highest BCUT2D eigenvalue weighted by Gasteiger charge is 2.18. The molecule has 0 bridgehead atoms. The zero-order valence-electron chi connectivity index (χ0n) is 11.8. The second-order valence-electron chi connectivity index (χ2n) is 4.54. The van der Waals surface area contributed by atoms with Gasteiger partial charge in [0, 0.05) is 31.9 Å². The van der Waals surface area contributed by atoms with Crippen LogP contribution in [0.1, 0.15) is 42.7 Å². The Bertz CT molecular complexity index is 505. The van der Waals surface area contributed by atoms with Gasteiger partial charge in [-0.3, -0.25) is 0 Å². The molecule has 6 heteroatoms. The third-order valence-corrected chi connectivity index (χ3v) is 4.14. The van der Waals surface area contributed by atoms with Gasteiger partial charge in [-0.05, 0) is 30.9 Å². The minimum atomic E-state index is 0.330. The molecule has 0 aliphatic heterocycles. The van der Waals surface area contributed by atoms with E-state index in [1.54, 1.807) is 0 Å². The van der Waals surface area contributed by atoms with Gasteiger partial charge in [-0.25, -0.2) is 4.98 Å². The van der Waals surface area contributed by atoms with Gasteiger partial charge in [-0.2, -0.15) is 0 Å². The van der Waals surface area contributed by atoms with Crippen LogP contribution >= 0.6 is 11.5 Å². The maximum absolute atomic E-state index is 4.38. The highest BCUT2D eigenvalue weighted by atomic mass is 32.1. The van der Waals surface area contributed by atoms with E-state index in [4.69, 9.17) is 0 Å². The van der Waals surface area contributed by atoms with Crippen molar-refractivity contribution in [2.24, 2.45) is 7.05 Å². The van der Waals surface area contributed by atoms with Crippen molar-refractivity contribution in [3.63, 3.8) is 0 Å². The van der Waals surface area contributed by atoms with Crippen LogP contribution in [0.3, 0.4) is 0 Å². The van der Waals surface area contributed by atoms with E-state index in [2.05, 4.69) is 38.3 Å². The minimum absolute atomic E-state index is 0.330. The Morgan fingerprint density at radius 3 is 2.89 bits per heavy atom. The summed E-state index contributed by atoms with van der Waals surface area (Å²) in [6.07, 6.45) is 6.76. The summed E-state index contributed by atoms with van der Waals surface area (Å²) >= 11 is 1.51. The Morgan fingerprint density at radius 1 is 1.42 bits per heavy atom. The molecule has 0 saturated carbocycles. The van der Waals surface area contributed by atoms with Crippen LogP contribution in [0, 0.1) is 0 Å². The molecule has 0 aromatic carbocycles. The molecule has 0 saturated heterocycles. The summed E-state index contributed by atoms with van der Waals surface area (Å²) in [7, 11) is 2.04. The van der Waals surface area contributed by atoms with Crippen molar-refractivity contribution in [2.75, 3.05) is 6.54 Å². The summed E-state index contributed by atoms with van der Waals surface area (Å²) in [5, 5.41) is 7.74. The van der Waals surface area contributed by atoms with Crippen LogP contribution in [0.5, 0.6) is 0 Å². The van der Waals surface area contributed by atoms with Crippen LogP contribution in [0.4, 0.5) is 0 Å². The van der Waals surface area contributed by atoms with E-state index in [-0.39, 0.29) is 0 Å². The first-order valence-electron chi connectivity index (χ1n) is 6.76. The second-order valence-corrected chi connectivity index (χ2v) is 5.33. The summed E-state index contributed by atoms with van der Waals surface area (Å²) < 4.78 is 6.17. The maximum Gasteiger partial charge on any atom is 0.108 e. The molecule has 19 heavy (non-hydrogen) atoms. The molecule has 0 fully saturated rings.